The predicted octanol–water partition coefficient (Wildman–Crippen LogP) is 2.95. The van der Waals surface area contributed by atoms with Gasteiger partial charge in [0.25, 0.3) is 5.91 Å². The van der Waals surface area contributed by atoms with Crippen LogP contribution in [-0.4, -0.2) is 12.5 Å². The Labute approximate surface area is 116 Å². The second-order valence-corrected chi connectivity index (χ2v) is 5.55. The van der Waals surface area contributed by atoms with Gasteiger partial charge in [0.2, 0.25) is 0 Å². The number of anilines is 1. The number of hydrogen-bond donors (Lipinski definition) is 2. The molecule has 3 rings (SSSR count). The molecule has 0 atom stereocenters. The van der Waals surface area contributed by atoms with Crippen LogP contribution in [-0.2, 0) is 13.0 Å². The van der Waals surface area contributed by atoms with Crippen molar-refractivity contribution in [2.45, 2.75) is 19.9 Å². The van der Waals surface area contributed by atoms with Gasteiger partial charge in [-0.1, -0.05) is 6.07 Å². The Hall–Kier alpha value is -1.81. The summed E-state index contributed by atoms with van der Waals surface area (Å²) in [5, 5.41) is 10.5. The Morgan fingerprint density at radius 2 is 2.32 bits per heavy atom. The third-order valence-electron chi connectivity index (χ3n) is 3.48. The predicted molar refractivity (Wildman–Crippen MR) is 78.9 cm³/mol. The lowest BCUT2D eigenvalue weighted by Gasteiger charge is -2.07. The van der Waals surface area contributed by atoms with Crippen LogP contribution >= 0.6 is 11.3 Å². The molecule has 3 nitrogen and oxygen atoms in total. The Balaban J connectivity index is 1.69. The van der Waals surface area contributed by atoms with Gasteiger partial charge in [-0.25, -0.2) is 0 Å². The zero-order valence-corrected chi connectivity index (χ0v) is 11.6. The van der Waals surface area contributed by atoms with Crippen molar-refractivity contribution < 1.29 is 4.79 Å². The van der Waals surface area contributed by atoms with E-state index in [0.717, 1.165) is 24.2 Å². The number of rotatable bonds is 3. The lowest BCUT2D eigenvalue weighted by atomic mass is 10.1. The molecule has 98 valence electrons. The van der Waals surface area contributed by atoms with Crippen LogP contribution < -0.4 is 10.6 Å². The van der Waals surface area contributed by atoms with Gasteiger partial charge in [-0.3, -0.25) is 4.79 Å². The molecule has 2 N–H and O–H groups in total. The van der Waals surface area contributed by atoms with Gasteiger partial charge in [-0.05, 0) is 52.9 Å². The molecule has 0 unspecified atom stereocenters. The van der Waals surface area contributed by atoms with E-state index in [-0.39, 0.29) is 5.91 Å². The topological polar surface area (TPSA) is 41.1 Å². The van der Waals surface area contributed by atoms with Gasteiger partial charge >= 0.3 is 0 Å². The number of carbonyl (C=O) groups excluding carboxylic acids is 1. The molecule has 1 aromatic heterocycles. The smallest absolute Gasteiger partial charge is 0.251 e. The SMILES string of the molecule is Cc1cscc1CNC(=O)c1ccc2c(c1)NCC2. The van der Waals surface area contributed by atoms with Crippen LogP contribution in [0.4, 0.5) is 5.69 Å². The summed E-state index contributed by atoms with van der Waals surface area (Å²) in [5.41, 5.74) is 5.55. The first kappa shape index (κ1) is 12.2. The highest BCUT2D eigenvalue weighted by atomic mass is 32.1. The number of hydrogen-bond acceptors (Lipinski definition) is 3. The second kappa shape index (κ2) is 5.05. The van der Waals surface area contributed by atoms with Crippen LogP contribution in [0.25, 0.3) is 0 Å². The van der Waals surface area contributed by atoms with E-state index in [2.05, 4.69) is 28.3 Å². The summed E-state index contributed by atoms with van der Waals surface area (Å²) in [4.78, 5) is 12.1. The van der Waals surface area contributed by atoms with Gasteiger partial charge in [-0.2, -0.15) is 11.3 Å². The zero-order valence-electron chi connectivity index (χ0n) is 10.8. The normalized spacial score (nSPS) is 12.9. The number of aryl methyl sites for hydroxylation is 1. The van der Waals surface area contributed by atoms with Gasteiger partial charge in [0.05, 0.1) is 0 Å². The van der Waals surface area contributed by atoms with E-state index in [9.17, 15) is 4.79 Å². The van der Waals surface area contributed by atoms with E-state index < -0.39 is 0 Å². The van der Waals surface area contributed by atoms with E-state index in [1.807, 2.05) is 18.2 Å². The lowest BCUT2D eigenvalue weighted by molar-refractivity contribution is 0.0951. The fourth-order valence-electron chi connectivity index (χ4n) is 2.28. The van der Waals surface area contributed by atoms with Crippen molar-refractivity contribution in [1.82, 2.24) is 5.32 Å². The van der Waals surface area contributed by atoms with Crippen molar-refractivity contribution >= 4 is 22.9 Å². The van der Waals surface area contributed by atoms with Crippen LogP contribution in [0.1, 0.15) is 27.0 Å². The Morgan fingerprint density at radius 3 is 3.11 bits per heavy atom. The quantitative estimate of drug-likeness (QED) is 0.902. The van der Waals surface area contributed by atoms with Gasteiger partial charge in [0, 0.05) is 24.3 Å². The van der Waals surface area contributed by atoms with Crippen LogP contribution in [0.15, 0.2) is 29.0 Å². The molecule has 0 aliphatic carbocycles. The summed E-state index contributed by atoms with van der Waals surface area (Å²) in [7, 11) is 0. The average Bonchev–Trinajstić information content (AvgIpc) is 3.03. The molecule has 0 saturated heterocycles. The molecule has 1 aliphatic heterocycles. The number of amides is 1. The standard InChI is InChI=1S/C15H16N2OS/c1-10-8-19-9-13(10)7-17-15(18)12-3-2-11-4-5-16-14(11)6-12/h2-3,6,8-9,16H,4-5,7H2,1H3,(H,17,18). The molecule has 0 saturated carbocycles. The van der Waals surface area contributed by atoms with Gasteiger partial charge < -0.3 is 10.6 Å². The Bertz CT molecular complexity index is 618. The largest absolute Gasteiger partial charge is 0.384 e. The fourth-order valence-corrected chi connectivity index (χ4v) is 3.13. The van der Waals surface area contributed by atoms with E-state index in [4.69, 9.17) is 0 Å². The number of thiophene rings is 1. The number of fused-ring (bicyclic) bond motifs is 1. The molecule has 0 radical (unpaired) electrons. The first-order valence-corrected chi connectivity index (χ1v) is 7.35. The number of carbonyl (C=O) groups is 1. The maximum absolute atomic E-state index is 12.1. The summed E-state index contributed by atoms with van der Waals surface area (Å²) in [5.74, 6) is -0.0119. The number of benzene rings is 1. The van der Waals surface area contributed by atoms with E-state index in [1.54, 1.807) is 11.3 Å². The van der Waals surface area contributed by atoms with Crippen LogP contribution in [0, 0.1) is 6.92 Å². The Morgan fingerprint density at radius 1 is 1.42 bits per heavy atom. The van der Waals surface area contributed by atoms with E-state index in [1.165, 1.54) is 16.7 Å². The maximum atomic E-state index is 12.1. The third-order valence-corrected chi connectivity index (χ3v) is 4.39. The average molecular weight is 272 g/mol. The maximum Gasteiger partial charge on any atom is 0.251 e. The van der Waals surface area contributed by atoms with E-state index >= 15 is 0 Å². The van der Waals surface area contributed by atoms with Gasteiger partial charge in [0.1, 0.15) is 0 Å². The van der Waals surface area contributed by atoms with Gasteiger partial charge in [0.15, 0.2) is 0 Å². The van der Waals surface area contributed by atoms with Crippen molar-refractivity contribution in [2.75, 3.05) is 11.9 Å². The Kier molecular flexibility index (Phi) is 3.25. The van der Waals surface area contributed by atoms with Crippen LogP contribution in [0.5, 0.6) is 0 Å². The minimum Gasteiger partial charge on any atom is -0.384 e. The molecule has 0 bridgehead atoms. The summed E-state index contributed by atoms with van der Waals surface area (Å²) < 4.78 is 0. The highest BCUT2D eigenvalue weighted by Crippen LogP contribution is 2.23. The number of nitrogens with one attached hydrogen (secondary N) is 2. The van der Waals surface area contributed by atoms with Crippen LogP contribution in [0.2, 0.25) is 0 Å². The summed E-state index contributed by atoms with van der Waals surface area (Å²) in [6, 6.07) is 5.89. The minimum atomic E-state index is -0.0119. The van der Waals surface area contributed by atoms with E-state index in [0.29, 0.717) is 6.54 Å². The van der Waals surface area contributed by atoms with Crippen molar-refractivity contribution in [3.63, 3.8) is 0 Å². The monoisotopic (exact) mass is 272 g/mol. The molecular weight excluding hydrogens is 256 g/mol. The molecule has 0 spiro atoms. The first-order valence-electron chi connectivity index (χ1n) is 6.41. The zero-order chi connectivity index (χ0) is 13.2. The van der Waals surface area contributed by atoms with Crippen LogP contribution in [0.3, 0.4) is 0 Å². The van der Waals surface area contributed by atoms with Crippen molar-refractivity contribution in [1.29, 1.82) is 0 Å². The summed E-state index contributed by atoms with van der Waals surface area (Å²) in [6.45, 7) is 3.63. The first-order chi connectivity index (χ1) is 9.24. The molecule has 2 aromatic rings. The molecule has 1 aromatic carbocycles. The molecule has 4 heteroatoms. The van der Waals surface area contributed by atoms with Gasteiger partial charge in [-0.15, -0.1) is 0 Å². The molecule has 19 heavy (non-hydrogen) atoms. The molecule has 1 aliphatic rings. The molecule has 2 heterocycles. The summed E-state index contributed by atoms with van der Waals surface area (Å²) in [6.07, 6.45) is 1.05. The highest BCUT2D eigenvalue weighted by Gasteiger charge is 2.13. The lowest BCUT2D eigenvalue weighted by Crippen LogP contribution is -2.22. The molecule has 1 amide bonds. The minimum absolute atomic E-state index is 0.0119. The third kappa shape index (κ3) is 2.49. The second-order valence-electron chi connectivity index (χ2n) is 4.81. The van der Waals surface area contributed by atoms with Crippen molar-refractivity contribution in [3.05, 3.63) is 51.2 Å². The van der Waals surface area contributed by atoms with Crippen molar-refractivity contribution in [2.24, 2.45) is 0 Å². The molecular formula is C15H16N2OS. The highest BCUT2D eigenvalue weighted by molar-refractivity contribution is 7.08. The molecule has 0 fully saturated rings. The van der Waals surface area contributed by atoms with Crippen molar-refractivity contribution in [3.8, 4) is 0 Å². The summed E-state index contributed by atoms with van der Waals surface area (Å²) >= 11 is 1.67. The fraction of sp³-hybridized carbons (Fsp3) is 0.267.